The van der Waals surface area contributed by atoms with Crippen molar-refractivity contribution in [3.8, 4) is 0 Å². The molecule has 266 valence electrons. The number of piperazine rings is 1. The Labute approximate surface area is 294 Å². The number of ether oxygens (including phenoxy) is 2. The highest BCUT2D eigenvalue weighted by Crippen LogP contribution is 2.26. The maximum Gasteiger partial charge on any atom is 0.488 e. The monoisotopic (exact) mass is 698 g/mol. The topological polar surface area (TPSA) is 203 Å². The molecule has 1 saturated heterocycles. The molecule has 6 N–H and O–H groups in total. The summed E-state index contributed by atoms with van der Waals surface area (Å²) in [6.45, 7) is 2.61. The molecule has 0 saturated carbocycles. The van der Waals surface area contributed by atoms with Gasteiger partial charge in [0.05, 0.1) is 43.2 Å². The Kier molecular flexibility index (Phi) is 12.9. The fourth-order valence-corrected chi connectivity index (χ4v) is 5.49. The number of anilines is 1. The summed E-state index contributed by atoms with van der Waals surface area (Å²) in [5, 5.41) is 27.1. The van der Waals surface area contributed by atoms with Crippen LogP contribution in [-0.2, 0) is 14.3 Å². The average molecular weight is 699 g/mol. The first-order chi connectivity index (χ1) is 24.7. The number of urea groups is 1. The lowest BCUT2D eigenvalue weighted by atomic mass is 9.79. The highest BCUT2D eigenvalue weighted by atomic mass is 16.5. The number of carbonyl (C=O) groups excluding carboxylic acids is 5. The molecule has 5 amide bonds. The van der Waals surface area contributed by atoms with Crippen LogP contribution in [0.2, 0.25) is 0 Å². The molecule has 2 heterocycles. The highest BCUT2D eigenvalue weighted by molar-refractivity contribution is 6.58. The van der Waals surface area contributed by atoms with Gasteiger partial charge in [0.1, 0.15) is 0 Å². The van der Waals surface area contributed by atoms with Gasteiger partial charge in [-0.1, -0.05) is 42.5 Å². The molecule has 0 atom stereocenters. The zero-order valence-electron chi connectivity index (χ0n) is 27.8. The van der Waals surface area contributed by atoms with Crippen molar-refractivity contribution < 1.29 is 43.5 Å². The second-order valence-corrected chi connectivity index (χ2v) is 11.6. The number of para-hydroxylation sites is 1. The summed E-state index contributed by atoms with van der Waals surface area (Å²) in [5.74, 6) is -1.81. The number of hydrogen-bond acceptors (Lipinski definition) is 9. The third-order valence-corrected chi connectivity index (χ3v) is 8.16. The number of nitrogens with one attached hydrogen (secondary N) is 4. The zero-order chi connectivity index (χ0) is 36.2. The first-order valence-corrected chi connectivity index (χ1v) is 16.5. The van der Waals surface area contributed by atoms with E-state index in [1.807, 2.05) is 6.07 Å². The molecule has 16 heteroatoms. The average Bonchev–Trinajstić information content (AvgIpc) is 3.60. The van der Waals surface area contributed by atoms with Crippen LogP contribution in [0.15, 0.2) is 79.0 Å². The molecule has 0 bridgehead atoms. The Balaban J connectivity index is 0.983. The predicted molar refractivity (Wildman–Crippen MR) is 189 cm³/mol. The van der Waals surface area contributed by atoms with E-state index in [9.17, 15) is 34.0 Å². The molecule has 51 heavy (non-hydrogen) atoms. The van der Waals surface area contributed by atoms with Crippen LogP contribution in [0, 0.1) is 0 Å². The maximum absolute atomic E-state index is 13.3. The van der Waals surface area contributed by atoms with E-state index in [0.717, 1.165) is 0 Å². The summed E-state index contributed by atoms with van der Waals surface area (Å²) >= 11 is 0. The minimum atomic E-state index is -1.66. The van der Waals surface area contributed by atoms with Crippen LogP contribution in [0.25, 0.3) is 10.9 Å². The molecule has 0 unspecified atom stereocenters. The molecule has 0 aliphatic carbocycles. The van der Waals surface area contributed by atoms with Crippen LogP contribution in [-0.4, -0.2) is 127 Å². The Morgan fingerprint density at radius 3 is 2.10 bits per heavy atom. The quantitative estimate of drug-likeness (QED) is 0.0445. The van der Waals surface area contributed by atoms with Crippen LogP contribution in [0.1, 0.15) is 31.1 Å². The van der Waals surface area contributed by atoms with Gasteiger partial charge in [0.25, 0.3) is 23.5 Å². The Bertz CT molecular complexity index is 1840. The van der Waals surface area contributed by atoms with E-state index in [1.165, 1.54) is 23.2 Å². The summed E-state index contributed by atoms with van der Waals surface area (Å²) < 4.78 is 10.9. The third kappa shape index (κ3) is 9.79. The molecule has 5 rings (SSSR count). The first kappa shape index (κ1) is 36.7. The highest BCUT2D eigenvalue weighted by Gasteiger charge is 2.30. The van der Waals surface area contributed by atoms with Crippen LogP contribution in [0.3, 0.4) is 0 Å². The number of amides is 5. The molecule has 0 radical (unpaired) electrons. The van der Waals surface area contributed by atoms with E-state index in [2.05, 4.69) is 20.9 Å². The number of benzene rings is 3. The van der Waals surface area contributed by atoms with E-state index in [0.29, 0.717) is 40.8 Å². The number of hydrogen-bond donors (Lipinski definition) is 6. The normalized spacial score (nSPS) is 12.7. The minimum absolute atomic E-state index is 0.115. The van der Waals surface area contributed by atoms with Crippen LogP contribution in [0.5, 0.6) is 0 Å². The maximum atomic E-state index is 13.3. The Hall–Kier alpha value is -5.55. The molecule has 3 aromatic carbocycles. The van der Waals surface area contributed by atoms with Crippen LogP contribution >= 0.6 is 0 Å². The standard InChI is InChI=1S/C35H39BN6O9/c43-31(34(46)42-16-14-41(15-17-42)33(45)24-6-2-1-3-7-24)28-23-39-30-27(28)10-5-11-29(30)40-35(47)38-13-19-51-21-20-50-18-12-37-32(44)25-8-4-9-26(22-25)36(48)49/h1-11,22-23,39,48-49H,12-21H2,(H,37,44)(H2,38,40,47). The van der Waals surface area contributed by atoms with Crippen molar-refractivity contribution in [2.75, 3.05) is 71.0 Å². The molecule has 1 aliphatic heterocycles. The summed E-state index contributed by atoms with van der Waals surface area (Å²) in [4.78, 5) is 70.0. The molecule has 4 aromatic rings. The molecule has 1 aromatic heterocycles. The number of nitrogens with zero attached hydrogens (tertiary/aromatic N) is 2. The van der Waals surface area contributed by atoms with Crippen LogP contribution in [0.4, 0.5) is 10.5 Å². The second-order valence-electron chi connectivity index (χ2n) is 11.6. The minimum Gasteiger partial charge on any atom is -0.423 e. The largest absolute Gasteiger partial charge is 0.488 e. The van der Waals surface area contributed by atoms with Gasteiger partial charge < -0.3 is 50.3 Å². The summed E-state index contributed by atoms with van der Waals surface area (Å²) in [6.07, 6.45) is 1.45. The van der Waals surface area contributed by atoms with Crippen molar-refractivity contribution in [1.82, 2.24) is 25.4 Å². The lowest BCUT2D eigenvalue weighted by Gasteiger charge is -2.34. The number of fused-ring (bicyclic) bond motifs is 1. The van der Waals surface area contributed by atoms with Gasteiger partial charge in [0, 0.05) is 62.0 Å². The van der Waals surface area contributed by atoms with Crippen LogP contribution < -0.4 is 21.4 Å². The molecule has 1 aliphatic rings. The van der Waals surface area contributed by atoms with E-state index >= 15 is 0 Å². The van der Waals surface area contributed by atoms with Crippen molar-refractivity contribution in [3.05, 3.63) is 95.7 Å². The van der Waals surface area contributed by atoms with Gasteiger partial charge in [-0.25, -0.2) is 4.79 Å². The molecule has 15 nitrogen and oxygen atoms in total. The van der Waals surface area contributed by atoms with Gasteiger partial charge in [0.2, 0.25) is 0 Å². The fourth-order valence-electron chi connectivity index (χ4n) is 5.49. The van der Waals surface area contributed by atoms with Crippen molar-refractivity contribution in [3.63, 3.8) is 0 Å². The number of rotatable bonds is 15. The van der Waals surface area contributed by atoms with E-state index in [1.54, 1.807) is 59.5 Å². The van der Waals surface area contributed by atoms with E-state index in [-0.39, 0.29) is 75.4 Å². The smallest absolute Gasteiger partial charge is 0.423 e. The van der Waals surface area contributed by atoms with E-state index < -0.39 is 24.8 Å². The first-order valence-electron chi connectivity index (χ1n) is 16.5. The van der Waals surface area contributed by atoms with Gasteiger partial charge in [-0.15, -0.1) is 0 Å². The number of carbonyl (C=O) groups is 5. The molecule has 0 spiro atoms. The van der Waals surface area contributed by atoms with Crippen molar-refractivity contribution in [2.45, 2.75) is 0 Å². The Morgan fingerprint density at radius 2 is 1.39 bits per heavy atom. The van der Waals surface area contributed by atoms with Gasteiger partial charge in [-0.05, 0) is 35.8 Å². The third-order valence-electron chi connectivity index (χ3n) is 8.16. The number of aromatic amines is 1. The lowest BCUT2D eigenvalue weighted by Crippen LogP contribution is -2.52. The summed E-state index contributed by atoms with van der Waals surface area (Å²) in [7, 11) is -1.66. The molecular formula is C35H39BN6O9. The van der Waals surface area contributed by atoms with Crippen molar-refractivity contribution in [1.29, 1.82) is 0 Å². The van der Waals surface area contributed by atoms with Gasteiger partial charge in [0.15, 0.2) is 0 Å². The molecule has 1 fully saturated rings. The molecular weight excluding hydrogens is 659 g/mol. The van der Waals surface area contributed by atoms with Crippen molar-refractivity contribution >= 4 is 58.7 Å². The summed E-state index contributed by atoms with van der Waals surface area (Å²) in [5.41, 5.74) is 2.20. The van der Waals surface area contributed by atoms with E-state index in [4.69, 9.17) is 9.47 Å². The SMILES string of the molecule is O=C(NCCOCCOCCNC(=O)c1cccc(B(O)O)c1)Nc1cccc2c(C(=O)C(=O)N3CCN(C(=O)c4ccccc4)CC3)c[nH]c12. The number of aromatic nitrogens is 1. The van der Waals surface area contributed by atoms with Gasteiger partial charge >= 0.3 is 13.1 Å². The number of Topliss-reactive ketones (excluding diaryl/α,β-unsaturated/α-hetero) is 1. The predicted octanol–water partition coefficient (Wildman–Crippen LogP) is 0.600. The lowest BCUT2D eigenvalue weighted by molar-refractivity contribution is -0.127. The number of ketones is 1. The van der Waals surface area contributed by atoms with Gasteiger partial charge in [-0.2, -0.15) is 0 Å². The fraction of sp³-hybridized carbons (Fsp3) is 0.286. The second kappa shape index (κ2) is 17.9. The zero-order valence-corrected chi connectivity index (χ0v) is 27.8. The van der Waals surface area contributed by atoms with Gasteiger partial charge in [-0.3, -0.25) is 19.2 Å². The summed E-state index contributed by atoms with van der Waals surface area (Å²) in [6, 6.07) is 19.5. The Morgan fingerprint density at radius 1 is 0.745 bits per heavy atom. The number of H-pyrrole nitrogens is 1. The van der Waals surface area contributed by atoms with Crippen molar-refractivity contribution in [2.24, 2.45) is 0 Å².